The van der Waals surface area contributed by atoms with E-state index in [4.69, 9.17) is 5.73 Å². The molecule has 100 valence electrons. The molecule has 5 heteroatoms. The van der Waals surface area contributed by atoms with E-state index >= 15 is 0 Å². The van der Waals surface area contributed by atoms with Crippen LogP contribution in [0.2, 0.25) is 0 Å². The third kappa shape index (κ3) is 3.03. The highest BCUT2D eigenvalue weighted by atomic mass is 32.2. The number of nitrogens with two attached hydrogens (primary N) is 1. The minimum absolute atomic E-state index is 0.302. The zero-order valence-corrected chi connectivity index (χ0v) is 11.7. The van der Waals surface area contributed by atoms with Gasteiger partial charge in [0.25, 0.3) is 0 Å². The van der Waals surface area contributed by atoms with E-state index in [-0.39, 0.29) is 0 Å². The maximum atomic E-state index is 12.2. The Labute approximate surface area is 109 Å². The fraction of sp³-hybridized carbons (Fsp3) is 0.538. The summed E-state index contributed by atoms with van der Waals surface area (Å²) in [7, 11) is -3.43. The number of rotatable bonds is 5. The lowest BCUT2D eigenvalue weighted by atomic mass is 10.1. The smallest absolute Gasteiger partial charge is 0.240 e. The summed E-state index contributed by atoms with van der Waals surface area (Å²) < 4.78 is 27.0. The Morgan fingerprint density at radius 3 is 2.61 bits per heavy atom. The van der Waals surface area contributed by atoms with Gasteiger partial charge in [-0.05, 0) is 49.4 Å². The summed E-state index contributed by atoms with van der Waals surface area (Å²) in [5, 5.41) is 0. The number of anilines is 1. The van der Waals surface area contributed by atoms with Crippen molar-refractivity contribution in [1.82, 2.24) is 4.72 Å². The van der Waals surface area contributed by atoms with Crippen molar-refractivity contribution in [2.24, 2.45) is 5.92 Å². The monoisotopic (exact) mass is 268 g/mol. The van der Waals surface area contributed by atoms with E-state index < -0.39 is 10.0 Å². The van der Waals surface area contributed by atoms with Crippen LogP contribution in [0.3, 0.4) is 0 Å². The topological polar surface area (TPSA) is 72.2 Å². The number of nitrogens with one attached hydrogen (secondary N) is 1. The molecule has 0 saturated heterocycles. The lowest BCUT2D eigenvalue weighted by Gasteiger charge is -2.12. The van der Waals surface area contributed by atoms with Crippen LogP contribution < -0.4 is 10.5 Å². The van der Waals surface area contributed by atoms with E-state index in [2.05, 4.69) is 4.72 Å². The van der Waals surface area contributed by atoms with Gasteiger partial charge < -0.3 is 5.73 Å². The van der Waals surface area contributed by atoms with Crippen molar-refractivity contribution in [2.75, 3.05) is 12.3 Å². The van der Waals surface area contributed by atoms with Crippen LogP contribution in [0.4, 0.5) is 5.69 Å². The minimum atomic E-state index is -3.43. The van der Waals surface area contributed by atoms with Gasteiger partial charge in [0.2, 0.25) is 10.0 Å². The summed E-state index contributed by atoms with van der Waals surface area (Å²) in [6.07, 6.45) is 3.40. The second kappa shape index (κ2) is 4.90. The molecule has 1 saturated carbocycles. The van der Waals surface area contributed by atoms with Crippen LogP contribution >= 0.6 is 0 Å². The lowest BCUT2D eigenvalue weighted by Crippen LogP contribution is -2.26. The highest BCUT2D eigenvalue weighted by Crippen LogP contribution is 2.32. The maximum absolute atomic E-state index is 12.2. The van der Waals surface area contributed by atoms with E-state index in [1.807, 2.05) is 13.8 Å². The summed E-state index contributed by atoms with van der Waals surface area (Å²) in [5.74, 6) is 0.719. The highest BCUT2D eigenvalue weighted by Gasteiger charge is 2.23. The molecular formula is C13H20N2O2S. The molecule has 1 aromatic rings. The number of sulfonamides is 1. The standard InChI is InChI=1S/C13H20N2O2S/c1-9-7-12(14)8-13(10(9)2)18(16,17)15-6-5-11-3-4-11/h7-8,11,15H,3-6,14H2,1-2H3. The van der Waals surface area contributed by atoms with Gasteiger partial charge in [-0.25, -0.2) is 13.1 Å². The predicted molar refractivity (Wildman–Crippen MR) is 72.9 cm³/mol. The fourth-order valence-corrected chi connectivity index (χ4v) is 3.41. The first-order valence-corrected chi connectivity index (χ1v) is 7.75. The van der Waals surface area contributed by atoms with Crippen LogP contribution in [0.5, 0.6) is 0 Å². The summed E-state index contributed by atoms with van der Waals surface area (Å²) in [5.41, 5.74) is 7.87. The average Bonchev–Trinajstić information content (AvgIpc) is 3.07. The first-order valence-electron chi connectivity index (χ1n) is 6.26. The number of hydrogen-bond donors (Lipinski definition) is 2. The van der Waals surface area contributed by atoms with Gasteiger partial charge in [0.1, 0.15) is 0 Å². The molecule has 2 rings (SSSR count). The Bertz CT molecular complexity index is 548. The third-order valence-electron chi connectivity index (χ3n) is 3.47. The SMILES string of the molecule is Cc1cc(N)cc(S(=O)(=O)NCCC2CC2)c1C. The Hall–Kier alpha value is -1.07. The van der Waals surface area contributed by atoms with Gasteiger partial charge in [-0.1, -0.05) is 12.8 Å². The molecule has 0 unspecified atom stereocenters. The van der Waals surface area contributed by atoms with Crippen LogP contribution in [0, 0.1) is 19.8 Å². The number of aryl methyl sites for hydroxylation is 1. The Morgan fingerprint density at radius 2 is 2.00 bits per heavy atom. The zero-order chi connectivity index (χ0) is 13.3. The molecule has 0 bridgehead atoms. The molecule has 1 aliphatic carbocycles. The molecule has 1 aliphatic rings. The molecule has 3 N–H and O–H groups in total. The fourth-order valence-electron chi connectivity index (χ4n) is 2.01. The van der Waals surface area contributed by atoms with E-state index in [0.29, 0.717) is 17.1 Å². The summed E-state index contributed by atoms with van der Waals surface area (Å²) in [6.45, 7) is 4.19. The molecule has 18 heavy (non-hydrogen) atoms. The van der Waals surface area contributed by atoms with Crippen molar-refractivity contribution in [3.05, 3.63) is 23.3 Å². The molecule has 0 aromatic heterocycles. The van der Waals surface area contributed by atoms with Gasteiger partial charge in [0.05, 0.1) is 4.90 Å². The number of benzene rings is 1. The van der Waals surface area contributed by atoms with Crippen LogP contribution in [0.25, 0.3) is 0 Å². The predicted octanol–water partition coefficient (Wildman–Crippen LogP) is 1.96. The number of hydrogen-bond acceptors (Lipinski definition) is 3. The van der Waals surface area contributed by atoms with Crippen LogP contribution in [0.15, 0.2) is 17.0 Å². The van der Waals surface area contributed by atoms with Crippen molar-refractivity contribution >= 4 is 15.7 Å². The quantitative estimate of drug-likeness (QED) is 0.802. The van der Waals surface area contributed by atoms with Crippen molar-refractivity contribution in [3.8, 4) is 0 Å². The third-order valence-corrected chi connectivity index (χ3v) is 5.06. The largest absolute Gasteiger partial charge is 0.399 e. The summed E-state index contributed by atoms with van der Waals surface area (Å²) in [6, 6.07) is 3.32. The van der Waals surface area contributed by atoms with Gasteiger partial charge >= 0.3 is 0 Å². The molecule has 1 aromatic carbocycles. The van der Waals surface area contributed by atoms with Crippen molar-refractivity contribution in [1.29, 1.82) is 0 Å². The molecule has 1 fully saturated rings. The Kier molecular flexibility index (Phi) is 3.64. The maximum Gasteiger partial charge on any atom is 0.240 e. The van der Waals surface area contributed by atoms with Crippen LogP contribution in [0.1, 0.15) is 30.4 Å². The summed E-state index contributed by atoms with van der Waals surface area (Å²) in [4.78, 5) is 0.302. The normalized spacial score (nSPS) is 15.9. The zero-order valence-electron chi connectivity index (χ0n) is 10.9. The second-order valence-electron chi connectivity index (χ2n) is 5.09. The van der Waals surface area contributed by atoms with Gasteiger partial charge in [0.15, 0.2) is 0 Å². The van der Waals surface area contributed by atoms with Crippen LogP contribution in [-0.4, -0.2) is 15.0 Å². The first-order chi connectivity index (χ1) is 8.40. The highest BCUT2D eigenvalue weighted by molar-refractivity contribution is 7.89. The first kappa shape index (κ1) is 13.4. The van der Waals surface area contributed by atoms with Crippen molar-refractivity contribution < 1.29 is 8.42 Å². The number of nitrogen functional groups attached to an aromatic ring is 1. The van der Waals surface area contributed by atoms with E-state index in [1.165, 1.54) is 18.9 Å². The van der Waals surface area contributed by atoms with Gasteiger partial charge in [0, 0.05) is 12.2 Å². The minimum Gasteiger partial charge on any atom is -0.399 e. The molecule has 0 aliphatic heterocycles. The molecule has 0 radical (unpaired) electrons. The Balaban J connectivity index is 2.17. The van der Waals surface area contributed by atoms with Gasteiger partial charge in [-0.3, -0.25) is 0 Å². The lowest BCUT2D eigenvalue weighted by molar-refractivity contribution is 0.574. The van der Waals surface area contributed by atoms with E-state index in [9.17, 15) is 8.42 Å². The van der Waals surface area contributed by atoms with Gasteiger partial charge in [-0.2, -0.15) is 0 Å². The van der Waals surface area contributed by atoms with Gasteiger partial charge in [-0.15, -0.1) is 0 Å². The Morgan fingerprint density at radius 1 is 1.33 bits per heavy atom. The molecule has 0 atom stereocenters. The average molecular weight is 268 g/mol. The van der Waals surface area contributed by atoms with E-state index in [0.717, 1.165) is 23.5 Å². The van der Waals surface area contributed by atoms with Crippen LogP contribution in [-0.2, 0) is 10.0 Å². The molecule has 0 heterocycles. The molecule has 0 amide bonds. The van der Waals surface area contributed by atoms with Crippen molar-refractivity contribution in [2.45, 2.75) is 38.0 Å². The molecule has 4 nitrogen and oxygen atoms in total. The molecule has 0 spiro atoms. The van der Waals surface area contributed by atoms with Crippen molar-refractivity contribution in [3.63, 3.8) is 0 Å². The van der Waals surface area contributed by atoms with E-state index in [1.54, 1.807) is 6.07 Å². The second-order valence-corrected chi connectivity index (χ2v) is 6.83. The summed E-state index contributed by atoms with van der Waals surface area (Å²) >= 11 is 0. The molecular weight excluding hydrogens is 248 g/mol.